The molecule has 2 rings (SSSR count). The van der Waals surface area contributed by atoms with Crippen molar-refractivity contribution in [3.05, 3.63) is 24.3 Å². The average molecular weight is 297 g/mol. The Morgan fingerprint density at radius 2 is 1.95 bits per heavy atom. The summed E-state index contributed by atoms with van der Waals surface area (Å²) in [6.45, 7) is 0.442. The molecule has 3 N–H and O–H groups in total. The fraction of sp³-hybridized carbons (Fsp3) is 0.571. The van der Waals surface area contributed by atoms with Gasteiger partial charge in [-0.05, 0) is 45.1 Å². The van der Waals surface area contributed by atoms with Crippen LogP contribution in [0.2, 0.25) is 0 Å². The first-order valence-corrected chi connectivity index (χ1v) is 8.37. The molecule has 0 bridgehead atoms. The van der Waals surface area contributed by atoms with Crippen molar-refractivity contribution in [2.75, 3.05) is 26.4 Å². The average Bonchev–Trinajstić information content (AvgIpc) is 2.87. The highest BCUT2D eigenvalue weighted by molar-refractivity contribution is 7.89. The second-order valence-electron chi connectivity index (χ2n) is 5.72. The summed E-state index contributed by atoms with van der Waals surface area (Å²) < 4.78 is 27.4. The maximum atomic E-state index is 12.3. The van der Waals surface area contributed by atoms with E-state index in [9.17, 15) is 8.42 Å². The summed E-state index contributed by atoms with van der Waals surface area (Å²) in [5.74, 6) is 0. The molecule has 0 radical (unpaired) electrons. The minimum Gasteiger partial charge on any atom is -0.399 e. The Morgan fingerprint density at radius 3 is 2.50 bits per heavy atom. The van der Waals surface area contributed by atoms with E-state index in [0.29, 0.717) is 12.2 Å². The maximum absolute atomic E-state index is 12.3. The summed E-state index contributed by atoms with van der Waals surface area (Å²) in [5.41, 5.74) is 6.04. The highest BCUT2D eigenvalue weighted by atomic mass is 32.2. The molecule has 1 saturated carbocycles. The normalized spacial score (nSPS) is 18.6. The van der Waals surface area contributed by atoms with Gasteiger partial charge in [-0.3, -0.25) is 0 Å². The second kappa shape index (κ2) is 5.71. The fourth-order valence-corrected chi connectivity index (χ4v) is 3.98. The van der Waals surface area contributed by atoms with Crippen LogP contribution >= 0.6 is 0 Å². The van der Waals surface area contributed by atoms with Crippen molar-refractivity contribution < 1.29 is 8.42 Å². The Balaban J connectivity index is 2.13. The second-order valence-corrected chi connectivity index (χ2v) is 7.49. The Morgan fingerprint density at radius 1 is 1.30 bits per heavy atom. The van der Waals surface area contributed by atoms with Gasteiger partial charge in [0.1, 0.15) is 0 Å². The molecule has 0 heterocycles. The van der Waals surface area contributed by atoms with Gasteiger partial charge in [-0.1, -0.05) is 18.9 Å². The third kappa shape index (κ3) is 3.13. The Kier molecular flexibility index (Phi) is 4.36. The zero-order valence-corrected chi connectivity index (χ0v) is 12.9. The van der Waals surface area contributed by atoms with Crippen molar-refractivity contribution in [2.24, 2.45) is 0 Å². The highest BCUT2D eigenvalue weighted by Gasteiger charge is 2.36. The van der Waals surface area contributed by atoms with Crippen LogP contribution in [0.1, 0.15) is 25.7 Å². The van der Waals surface area contributed by atoms with Crippen LogP contribution in [0.4, 0.5) is 5.69 Å². The highest BCUT2D eigenvalue weighted by Crippen LogP contribution is 2.33. The zero-order chi connectivity index (χ0) is 14.8. The van der Waals surface area contributed by atoms with E-state index in [1.807, 2.05) is 14.1 Å². The van der Waals surface area contributed by atoms with Crippen molar-refractivity contribution in [2.45, 2.75) is 36.1 Å². The lowest BCUT2D eigenvalue weighted by Gasteiger charge is -2.36. The van der Waals surface area contributed by atoms with Crippen molar-refractivity contribution in [3.8, 4) is 0 Å². The number of benzene rings is 1. The van der Waals surface area contributed by atoms with Gasteiger partial charge in [0.05, 0.1) is 4.90 Å². The van der Waals surface area contributed by atoms with Gasteiger partial charge in [0.25, 0.3) is 0 Å². The molecule has 0 saturated heterocycles. The number of sulfonamides is 1. The topological polar surface area (TPSA) is 75.4 Å². The first kappa shape index (κ1) is 15.3. The minimum atomic E-state index is -3.50. The summed E-state index contributed by atoms with van der Waals surface area (Å²) in [6.07, 6.45) is 4.36. The van der Waals surface area contributed by atoms with Crippen LogP contribution in [0.25, 0.3) is 0 Å². The van der Waals surface area contributed by atoms with E-state index in [0.717, 1.165) is 25.7 Å². The number of hydrogen-bond donors (Lipinski definition) is 2. The monoisotopic (exact) mass is 297 g/mol. The van der Waals surface area contributed by atoms with Crippen molar-refractivity contribution >= 4 is 15.7 Å². The van der Waals surface area contributed by atoms with Crippen molar-refractivity contribution in [1.29, 1.82) is 0 Å². The smallest absolute Gasteiger partial charge is 0.240 e. The molecule has 0 spiro atoms. The van der Waals surface area contributed by atoms with E-state index in [1.54, 1.807) is 18.2 Å². The first-order chi connectivity index (χ1) is 9.36. The minimum absolute atomic E-state index is 0.0621. The molecule has 112 valence electrons. The first-order valence-electron chi connectivity index (χ1n) is 6.88. The lowest BCUT2D eigenvalue weighted by molar-refractivity contribution is 0.162. The van der Waals surface area contributed by atoms with Gasteiger partial charge < -0.3 is 10.6 Å². The molecular weight excluding hydrogens is 274 g/mol. The van der Waals surface area contributed by atoms with Crippen LogP contribution in [0.3, 0.4) is 0 Å². The number of nitrogens with zero attached hydrogens (tertiary/aromatic N) is 1. The van der Waals surface area contributed by atoms with Crippen LogP contribution < -0.4 is 10.5 Å². The van der Waals surface area contributed by atoms with E-state index in [1.165, 1.54) is 6.07 Å². The van der Waals surface area contributed by atoms with Gasteiger partial charge in [0, 0.05) is 17.8 Å². The maximum Gasteiger partial charge on any atom is 0.240 e. The lowest BCUT2D eigenvalue weighted by atomic mass is 9.97. The van der Waals surface area contributed by atoms with E-state index >= 15 is 0 Å². The zero-order valence-electron chi connectivity index (χ0n) is 12.1. The Labute approximate surface area is 121 Å². The number of hydrogen-bond acceptors (Lipinski definition) is 4. The Hall–Kier alpha value is -1.11. The summed E-state index contributed by atoms with van der Waals surface area (Å²) in [5, 5.41) is 0. The third-order valence-corrected chi connectivity index (χ3v) is 5.64. The Bertz CT molecular complexity index is 564. The molecule has 0 amide bonds. The lowest BCUT2D eigenvalue weighted by Crippen LogP contribution is -2.50. The van der Waals surface area contributed by atoms with Gasteiger partial charge in [-0.2, -0.15) is 0 Å². The molecule has 20 heavy (non-hydrogen) atoms. The molecule has 5 nitrogen and oxygen atoms in total. The van der Waals surface area contributed by atoms with Crippen LogP contribution in [0, 0.1) is 0 Å². The molecule has 1 fully saturated rings. The third-order valence-electron chi connectivity index (χ3n) is 4.24. The number of rotatable bonds is 5. The molecule has 0 unspecified atom stereocenters. The summed E-state index contributed by atoms with van der Waals surface area (Å²) in [6, 6.07) is 6.38. The molecule has 1 aliphatic rings. The number of nitrogens with two attached hydrogens (primary N) is 1. The van der Waals surface area contributed by atoms with E-state index < -0.39 is 10.0 Å². The number of likely N-dealkylation sites (N-methyl/N-ethyl adjacent to an activating group) is 1. The molecule has 1 aromatic rings. The summed E-state index contributed by atoms with van der Waals surface area (Å²) in [7, 11) is 0.529. The van der Waals surface area contributed by atoms with Gasteiger partial charge in [0.15, 0.2) is 0 Å². The predicted molar refractivity (Wildman–Crippen MR) is 80.9 cm³/mol. The molecule has 0 aliphatic heterocycles. The molecule has 0 atom stereocenters. The molecule has 0 aromatic heterocycles. The van der Waals surface area contributed by atoms with E-state index in [2.05, 4.69) is 9.62 Å². The van der Waals surface area contributed by atoms with E-state index in [4.69, 9.17) is 5.73 Å². The quantitative estimate of drug-likeness (QED) is 0.806. The molecule has 1 aromatic carbocycles. The molecule has 1 aliphatic carbocycles. The van der Waals surface area contributed by atoms with Crippen LogP contribution in [-0.4, -0.2) is 39.5 Å². The molecular formula is C14H23N3O2S. The van der Waals surface area contributed by atoms with Crippen LogP contribution in [0.5, 0.6) is 0 Å². The van der Waals surface area contributed by atoms with Crippen LogP contribution in [0.15, 0.2) is 29.2 Å². The van der Waals surface area contributed by atoms with Crippen molar-refractivity contribution in [3.63, 3.8) is 0 Å². The van der Waals surface area contributed by atoms with Gasteiger partial charge in [-0.25, -0.2) is 13.1 Å². The van der Waals surface area contributed by atoms with Crippen LogP contribution in [-0.2, 0) is 10.0 Å². The largest absolute Gasteiger partial charge is 0.399 e. The van der Waals surface area contributed by atoms with E-state index in [-0.39, 0.29) is 10.4 Å². The number of nitrogens with one attached hydrogen (secondary N) is 1. The SMILES string of the molecule is CN(C)C1(CNS(=O)(=O)c2cccc(N)c2)CCCC1. The van der Waals surface area contributed by atoms with Crippen molar-refractivity contribution in [1.82, 2.24) is 9.62 Å². The number of nitrogen functional groups attached to an aromatic ring is 1. The van der Waals surface area contributed by atoms with Gasteiger partial charge >= 0.3 is 0 Å². The standard InChI is InChI=1S/C14H23N3O2S/c1-17(2)14(8-3-4-9-14)11-16-20(18,19)13-7-5-6-12(15)10-13/h5-7,10,16H,3-4,8-9,11,15H2,1-2H3. The van der Waals surface area contributed by atoms with Gasteiger partial charge in [0.2, 0.25) is 10.0 Å². The summed E-state index contributed by atoms with van der Waals surface area (Å²) in [4.78, 5) is 2.37. The fourth-order valence-electron chi connectivity index (χ4n) is 2.81. The number of anilines is 1. The summed E-state index contributed by atoms with van der Waals surface area (Å²) >= 11 is 0. The van der Waals surface area contributed by atoms with Gasteiger partial charge in [-0.15, -0.1) is 0 Å². The predicted octanol–water partition coefficient (Wildman–Crippen LogP) is 1.42. The molecule has 6 heteroatoms.